The number of hydrogen-bond acceptors (Lipinski definition) is 1. The first-order valence-electron chi connectivity index (χ1n) is 18.3. The quantitative estimate of drug-likeness (QED) is 0.169. The zero-order valence-corrected chi connectivity index (χ0v) is 29.5. The third-order valence-corrected chi connectivity index (χ3v) is 11.1. The first-order valence-corrected chi connectivity index (χ1v) is 18.3. The molecule has 3 heterocycles. The van der Waals surface area contributed by atoms with E-state index in [1.54, 1.807) is 0 Å². The SMILES string of the molecule is [C-]#[N+]c1cccc(-c2ccc(-n3c4ccc(C#N)cc4c4ccc(-n5c6ccccc6c6ccccc65)cc43)cc2)c1-n1c2ccccc2c2ccccc21. The van der Waals surface area contributed by atoms with Crippen molar-refractivity contribution in [2.45, 2.75) is 0 Å². The van der Waals surface area contributed by atoms with Crippen LogP contribution in [0.2, 0.25) is 0 Å². The third kappa shape index (κ3) is 4.45. The summed E-state index contributed by atoms with van der Waals surface area (Å²) in [6.07, 6.45) is 0. The summed E-state index contributed by atoms with van der Waals surface area (Å²) in [7, 11) is 0. The summed E-state index contributed by atoms with van der Waals surface area (Å²) < 4.78 is 6.89. The van der Waals surface area contributed by atoms with Gasteiger partial charge in [0.1, 0.15) is 0 Å². The maximum absolute atomic E-state index is 9.87. The summed E-state index contributed by atoms with van der Waals surface area (Å²) in [6.45, 7) is 8.22. The van der Waals surface area contributed by atoms with E-state index in [2.05, 4.69) is 176 Å². The second-order valence-electron chi connectivity index (χ2n) is 14.0. The van der Waals surface area contributed by atoms with E-state index in [1.807, 2.05) is 24.3 Å². The molecule has 254 valence electrons. The maximum Gasteiger partial charge on any atom is 0.211 e. The molecule has 0 aliphatic rings. The van der Waals surface area contributed by atoms with Crippen LogP contribution in [-0.4, -0.2) is 13.7 Å². The van der Waals surface area contributed by atoms with Crippen molar-refractivity contribution in [3.63, 3.8) is 0 Å². The van der Waals surface area contributed by atoms with Crippen molar-refractivity contribution < 1.29 is 0 Å². The Hall–Kier alpha value is -7.86. The van der Waals surface area contributed by atoms with Crippen LogP contribution < -0.4 is 0 Å². The zero-order chi connectivity index (χ0) is 36.6. The standard InChI is InChI=1S/C50H29N5/c1-52-43-16-10-15-36(50(43)55-46-19-8-4-13-39(46)40-14-5-9-20-47(40)55)33-22-24-34(25-23-33)53-48-28-21-32(31-51)29-42(48)41-27-26-35(30-49(41)53)54-44-17-6-2-11-37(44)38-12-3-7-18-45(38)54/h2-30H. The number of hydrogen-bond donors (Lipinski definition) is 0. The number of nitriles is 1. The Labute approximate surface area is 316 Å². The normalized spacial score (nSPS) is 11.6. The molecule has 0 aliphatic heterocycles. The van der Waals surface area contributed by atoms with Gasteiger partial charge in [-0.2, -0.15) is 5.26 Å². The summed E-state index contributed by atoms with van der Waals surface area (Å²) in [5.41, 5.74) is 12.7. The molecular formula is C50H29N5. The number of benzene rings is 8. The maximum atomic E-state index is 9.87. The van der Waals surface area contributed by atoms with E-state index in [9.17, 15) is 5.26 Å². The van der Waals surface area contributed by atoms with Crippen molar-refractivity contribution in [3.8, 4) is 34.3 Å². The fraction of sp³-hybridized carbons (Fsp3) is 0. The Kier molecular flexibility index (Phi) is 6.61. The number of rotatable bonds is 4. The Morgan fingerprint density at radius 2 is 0.927 bits per heavy atom. The molecule has 55 heavy (non-hydrogen) atoms. The minimum Gasteiger partial charge on any atom is -0.318 e. The largest absolute Gasteiger partial charge is 0.318 e. The Balaban J connectivity index is 1.12. The van der Waals surface area contributed by atoms with E-state index >= 15 is 0 Å². The number of nitrogens with zero attached hydrogens (tertiary/aromatic N) is 5. The van der Waals surface area contributed by atoms with Crippen molar-refractivity contribution in [1.29, 1.82) is 5.26 Å². The van der Waals surface area contributed by atoms with E-state index in [4.69, 9.17) is 6.57 Å². The van der Waals surface area contributed by atoms with E-state index in [0.29, 0.717) is 11.3 Å². The van der Waals surface area contributed by atoms with E-state index in [1.165, 1.54) is 10.8 Å². The third-order valence-electron chi connectivity index (χ3n) is 11.1. The molecule has 0 saturated carbocycles. The highest BCUT2D eigenvalue weighted by molar-refractivity contribution is 6.13. The number of aromatic nitrogens is 3. The van der Waals surface area contributed by atoms with E-state index < -0.39 is 0 Å². The monoisotopic (exact) mass is 699 g/mol. The summed E-state index contributed by atoms with van der Waals surface area (Å²) in [6, 6.07) is 63.6. The topological polar surface area (TPSA) is 42.9 Å². The molecule has 0 N–H and O–H groups in total. The van der Waals surface area contributed by atoms with Crippen LogP contribution in [0.3, 0.4) is 0 Å². The van der Waals surface area contributed by atoms with Crippen molar-refractivity contribution in [2.24, 2.45) is 0 Å². The summed E-state index contributed by atoms with van der Waals surface area (Å²) in [4.78, 5) is 4.03. The molecule has 0 fully saturated rings. The van der Waals surface area contributed by atoms with Crippen LogP contribution in [0, 0.1) is 17.9 Å². The molecule has 11 rings (SSSR count). The molecule has 0 unspecified atom stereocenters. The predicted molar refractivity (Wildman–Crippen MR) is 226 cm³/mol. The molecule has 5 nitrogen and oxygen atoms in total. The average Bonchev–Trinajstić information content (AvgIpc) is 3.88. The van der Waals surface area contributed by atoms with Crippen LogP contribution in [0.1, 0.15) is 5.56 Å². The van der Waals surface area contributed by atoms with E-state index in [-0.39, 0.29) is 0 Å². The van der Waals surface area contributed by atoms with Gasteiger partial charge in [0.15, 0.2) is 0 Å². The van der Waals surface area contributed by atoms with Crippen LogP contribution in [0.4, 0.5) is 5.69 Å². The molecule has 5 heteroatoms. The van der Waals surface area contributed by atoms with Gasteiger partial charge in [0.2, 0.25) is 5.69 Å². The fourth-order valence-corrected chi connectivity index (χ4v) is 8.74. The second-order valence-corrected chi connectivity index (χ2v) is 14.0. The number of para-hydroxylation sites is 5. The molecule has 0 spiro atoms. The van der Waals surface area contributed by atoms with Gasteiger partial charge in [-0.1, -0.05) is 109 Å². The molecule has 11 aromatic rings. The van der Waals surface area contributed by atoms with E-state index in [0.717, 1.165) is 82.8 Å². The van der Waals surface area contributed by atoms with Crippen LogP contribution in [0.5, 0.6) is 0 Å². The van der Waals surface area contributed by atoms with Crippen LogP contribution >= 0.6 is 0 Å². The average molecular weight is 700 g/mol. The molecule has 3 aromatic heterocycles. The summed E-state index contributed by atoms with van der Waals surface area (Å²) in [5.74, 6) is 0. The molecular weight excluding hydrogens is 671 g/mol. The highest BCUT2D eigenvalue weighted by Crippen LogP contribution is 2.42. The smallest absolute Gasteiger partial charge is 0.211 e. The molecule has 0 atom stereocenters. The summed E-state index contributed by atoms with van der Waals surface area (Å²) >= 11 is 0. The van der Waals surface area contributed by atoms with Gasteiger partial charge < -0.3 is 13.7 Å². The van der Waals surface area contributed by atoms with Gasteiger partial charge in [0, 0.05) is 43.7 Å². The fourth-order valence-electron chi connectivity index (χ4n) is 8.74. The van der Waals surface area contributed by atoms with Gasteiger partial charge in [-0.05, 0) is 77.9 Å². The van der Waals surface area contributed by atoms with Crippen molar-refractivity contribution in [1.82, 2.24) is 13.7 Å². The lowest BCUT2D eigenvalue weighted by atomic mass is 10.0. The Morgan fingerprint density at radius 1 is 0.418 bits per heavy atom. The molecule has 0 bridgehead atoms. The van der Waals surface area contributed by atoms with Crippen molar-refractivity contribution in [2.75, 3.05) is 0 Å². The minimum atomic E-state index is 0.598. The Bertz CT molecular complexity index is 3350. The highest BCUT2D eigenvalue weighted by Gasteiger charge is 2.20. The van der Waals surface area contributed by atoms with Crippen LogP contribution in [0.25, 0.3) is 98.5 Å². The molecule has 0 saturated heterocycles. The highest BCUT2D eigenvalue weighted by atomic mass is 15.0. The van der Waals surface area contributed by atoms with Gasteiger partial charge in [-0.15, -0.1) is 0 Å². The predicted octanol–water partition coefficient (Wildman–Crippen LogP) is 13.1. The first-order chi connectivity index (χ1) is 27.2. The first kappa shape index (κ1) is 30.7. The van der Waals surface area contributed by atoms with Crippen LogP contribution in [0.15, 0.2) is 176 Å². The van der Waals surface area contributed by atoms with Crippen molar-refractivity contribution in [3.05, 3.63) is 193 Å². The zero-order valence-electron chi connectivity index (χ0n) is 29.5. The molecule has 0 amide bonds. The Morgan fingerprint density at radius 3 is 1.51 bits per heavy atom. The van der Waals surface area contributed by atoms with Crippen molar-refractivity contribution >= 4 is 71.1 Å². The number of fused-ring (bicyclic) bond motifs is 9. The summed E-state index contributed by atoms with van der Waals surface area (Å²) in [5, 5.41) is 16.7. The lowest BCUT2D eigenvalue weighted by molar-refractivity contribution is 1.15. The van der Waals surface area contributed by atoms with Gasteiger partial charge in [0.05, 0.1) is 57.0 Å². The molecule has 8 aromatic carbocycles. The minimum absolute atomic E-state index is 0.598. The van der Waals surface area contributed by atoms with Gasteiger partial charge in [-0.3, -0.25) is 0 Å². The lowest BCUT2D eigenvalue weighted by Crippen LogP contribution is -1.99. The van der Waals surface area contributed by atoms with Crippen LogP contribution in [-0.2, 0) is 0 Å². The molecule has 0 aliphatic carbocycles. The molecule has 0 radical (unpaired) electrons. The van der Waals surface area contributed by atoms with Gasteiger partial charge in [-0.25, -0.2) is 4.85 Å². The lowest BCUT2D eigenvalue weighted by Gasteiger charge is -2.17. The van der Waals surface area contributed by atoms with Gasteiger partial charge in [0.25, 0.3) is 0 Å². The van der Waals surface area contributed by atoms with Gasteiger partial charge >= 0.3 is 0 Å². The second kappa shape index (κ2) is 11.8.